The molecule has 0 aromatic heterocycles. The van der Waals surface area contributed by atoms with Crippen molar-refractivity contribution in [3.63, 3.8) is 0 Å². The topological polar surface area (TPSA) is 18.5 Å². The summed E-state index contributed by atoms with van der Waals surface area (Å²) in [6.45, 7) is -4.09. The van der Waals surface area contributed by atoms with Crippen molar-refractivity contribution in [1.29, 1.82) is 0 Å². The van der Waals surface area contributed by atoms with Crippen LogP contribution in [0.1, 0.15) is 0 Å². The Labute approximate surface area is 150 Å². The van der Waals surface area contributed by atoms with Crippen molar-refractivity contribution >= 4 is 0 Å². The highest BCUT2D eigenvalue weighted by Gasteiger charge is 3.00. The Balaban J connectivity index is 4.30. The predicted molar refractivity (Wildman–Crippen MR) is 51.6 cm³/mol. The maximum atomic E-state index is 13.1. The molecule has 0 atom stereocenters. The van der Waals surface area contributed by atoms with Gasteiger partial charge in [0.15, 0.2) is 0 Å². The van der Waals surface area contributed by atoms with Crippen LogP contribution in [0.25, 0.3) is 0 Å². The zero-order valence-corrected chi connectivity index (χ0v) is 12.8. The van der Waals surface area contributed by atoms with Gasteiger partial charge in [0.2, 0.25) is 0 Å². The van der Waals surface area contributed by atoms with Crippen LogP contribution in [0, 0.1) is 0 Å². The van der Waals surface area contributed by atoms with Crippen molar-refractivity contribution in [2.24, 2.45) is 0 Å². The van der Waals surface area contributed by atoms with E-state index in [9.17, 15) is 79.0 Å². The molecular formula is C10H2F18O2. The number of rotatable bonds is 0. The Morgan fingerprint density at radius 1 is 0.400 bits per heavy atom. The molecule has 1 heterocycles. The van der Waals surface area contributed by atoms with Crippen molar-refractivity contribution in [2.75, 3.05) is 6.61 Å². The highest BCUT2D eigenvalue weighted by molar-refractivity contribution is 5.23. The number of hydrogen-bond donors (Lipinski definition) is 0. The third kappa shape index (κ3) is 3.15. The van der Waals surface area contributed by atoms with E-state index in [2.05, 4.69) is 4.74 Å². The van der Waals surface area contributed by atoms with E-state index in [4.69, 9.17) is 0 Å². The molecule has 0 aromatic carbocycles. The van der Waals surface area contributed by atoms with Crippen molar-refractivity contribution in [2.45, 2.75) is 53.9 Å². The highest BCUT2D eigenvalue weighted by Crippen LogP contribution is 2.68. The average molecular weight is 496 g/mol. The Kier molecular flexibility index (Phi) is 5.65. The van der Waals surface area contributed by atoms with E-state index in [1.54, 1.807) is 0 Å². The van der Waals surface area contributed by atoms with Gasteiger partial charge in [0.05, 0.1) is 6.61 Å². The van der Waals surface area contributed by atoms with Gasteiger partial charge in [-0.3, -0.25) is 0 Å². The molecule has 1 fully saturated rings. The second-order valence-electron chi connectivity index (χ2n) is 5.57. The van der Waals surface area contributed by atoms with E-state index < -0.39 is 60.5 Å². The first-order chi connectivity index (χ1) is 12.7. The molecular weight excluding hydrogens is 494 g/mol. The van der Waals surface area contributed by atoms with Gasteiger partial charge < -0.3 is 9.47 Å². The summed E-state index contributed by atoms with van der Waals surface area (Å²) in [5, 5.41) is 0. The molecule has 0 spiro atoms. The fraction of sp³-hybridized carbons (Fsp3) is 1.00. The van der Waals surface area contributed by atoms with Crippen LogP contribution in [-0.2, 0) is 9.47 Å². The van der Waals surface area contributed by atoms with Gasteiger partial charge >= 0.3 is 48.3 Å². The van der Waals surface area contributed by atoms with Gasteiger partial charge in [-0.25, -0.2) is 0 Å². The van der Waals surface area contributed by atoms with E-state index in [-0.39, 0.29) is 0 Å². The molecule has 0 bridgehead atoms. The van der Waals surface area contributed by atoms with Crippen molar-refractivity contribution < 1.29 is 88.5 Å². The SMILES string of the molecule is FC(F)(F)C1(C(F)(F)F)COC(C(F)(F)F)(C(F)(F)F)C(C(F)(F)F)(C(F)(F)F)O1. The molecule has 0 amide bonds. The second-order valence-corrected chi connectivity index (χ2v) is 5.57. The summed E-state index contributed by atoms with van der Waals surface area (Å²) in [6, 6.07) is 0. The molecule has 30 heavy (non-hydrogen) atoms. The average Bonchev–Trinajstić information content (AvgIpc) is 2.38. The Hall–Kier alpha value is -1.34. The second kappa shape index (κ2) is 6.35. The highest BCUT2D eigenvalue weighted by atomic mass is 19.4. The molecule has 1 aliphatic rings. The normalized spacial score (nSPS) is 23.4. The summed E-state index contributed by atoms with van der Waals surface area (Å²) in [5.74, 6) is 0. The van der Waals surface area contributed by atoms with E-state index >= 15 is 0 Å². The van der Waals surface area contributed by atoms with Gasteiger partial charge in [0.25, 0.3) is 5.60 Å². The molecule has 0 aliphatic carbocycles. The summed E-state index contributed by atoms with van der Waals surface area (Å²) in [5.41, 5.74) is -22.8. The predicted octanol–water partition coefficient (Wildman–Crippen LogP) is 5.62. The molecule has 1 aliphatic heterocycles. The first-order valence-corrected chi connectivity index (χ1v) is 6.41. The molecule has 0 unspecified atom stereocenters. The van der Waals surface area contributed by atoms with Gasteiger partial charge in [-0.2, -0.15) is 79.0 Å². The van der Waals surface area contributed by atoms with Crippen LogP contribution in [0.3, 0.4) is 0 Å². The maximum Gasteiger partial charge on any atom is 0.430 e. The Morgan fingerprint density at radius 2 is 0.667 bits per heavy atom. The van der Waals surface area contributed by atoms with Crippen LogP contribution in [-0.4, -0.2) is 60.5 Å². The zero-order valence-electron chi connectivity index (χ0n) is 12.8. The zero-order chi connectivity index (χ0) is 24.6. The summed E-state index contributed by atoms with van der Waals surface area (Å²) in [7, 11) is 0. The van der Waals surface area contributed by atoms with Gasteiger partial charge in [-0.1, -0.05) is 0 Å². The number of ether oxygens (including phenoxy) is 2. The monoisotopic (exact) mass is 496 g/mol. The van der Waals surface area contributed by atoms with Crippen LogP contribution in [0.2, 0.25) is 0 Å². The van der Waals surface area contributed by atoms with Gasteiger partial charge in [0.1, 0.15) is 0 Å². The van der Waals surface area contributed by atoms with Crippen molar-refractivity contribution in [3.8, 4) is 0 Å². The standard InChI is InChI=1S/C10H2F18O2/c11-5(12,13)2(6(14,15)16)1-29-3(7(17,18)19,8(20,21)22)4(30-2,9(23,24)25)10(26,27)28/h1H2. The first-order valence-electron chi connectivity index (χ1n) is 6.41. The molecule has 0 aromatic rings. The minimum Gasteiger partial charge on any atom is -0.351 e. The van der Waals surface area contributed by atoms with Gasteiger partial charge in [-0.15, -0.1) is 0 Å². The minimum absolute atomic E-state index is 1.92. The van der Waals surface area contributed by atoms with Crippen molar-refractivity contribution in [3.05, 3.63) is 0 Å². The number of alkyl halides is 18. The summed E-state index contributed by atoms with van der Waals surface area (Å²) in [6.07, 6.45) is -47.2. The van der Waals surface area contributed by atoms with E-state index in [1.807, 2.05) is 4.74 Å². The van der Waals surface area contributed by atoms with Gasteiger partial charge in [-0.05, 0) is 0 Å². The van der Waals surface area contributed by atoms with Crippen LogP contribution in [0.5, 0.6) is 0 Å². The fourth-order valence-electron chi connectivity index (χ4n) is 2.51. The molecule has 1 saturated heterocycles. The minimum atomic E-state index is -8.23. The van der Waals surface area contributed by atoms with E-state index in [0.29, 0.717) is 0 Å². The van der Waals surface area contributed by atoms with Crippen LogP contribution >= 0.6 is 0 Å². The van der Waals surface area contributed by atoms with Crippen LogP contribution in [0.4, 0.5) is 79.0 Å². The lowest BCUT2D eigenvalue weighted by Gasteiger charge is -2.57. The Bertz CT molecular complexity index is 597. The fourth-order valence-corrected chi connectivity index (χ4v) is 2.51. The Morgan fingerprint density at radius 3 is 0.867 bits per heavy atom. The van der Waals surface area contributed by atoms with Crippen molar-refractivity contribution in [1.82, 2.24) is 0 Å². The third-order valence-corrected chi connectivity index (χ3v) is 3.83. The molecule has 0 radical (unpaired) electrons. The summed E-state index contributed by atoms with van der Waals surface area (Å²) in [4.78, 5) is 0. The lowest BCUT2D eigenvalue weighted by molar-refractivity contribution is -0.575. The van der Waals surface area contributed by atoms with Crippen LogP contribution in [0.15, 0.2) is 0 Å². The lowest BCUT2D eigenvalue weighted by Crippen LogP contribution is -2.88. The molecule has 2 nitrogen and oxygen atoms in total. The number of hydrogen-bond acceptors (Lipinski definition) is 2. The van der Waals surface area contributed by atoms with E-state index in [1.165, 1.54) is 0 Å². The lowest BCUT2D eigenvalue weighted by atomic mass is 9.76. The number of halogens is 18. The molecule has 0 saturated carbocycles. The largest absolute Gasteiger partial charge is 0.430 e. The quantitative estimate of drug-likeness (QED) is 0.406. The molecule has 20 heteroatoms. The summed E-state index contributed by atoms with van der Waals surface area (Å²) >= 11 is 0. The van der Waals surface area contributed by atoms with E-state index in [0.717, 1.165) is 0 Å². The molecule has 180 valence electrons. The van der Waals surface area contributed by atoms with Crippen LogP contribution < -0.4 is 0 Å². The molecule has 1 rings (SSSR count). The maximum absolute atomic E-state index is 13.1. The van der Waals surface area contributed by atoms with Gasteiger partial charge in [0, 0.05) is 0 Å². The summed E-state index contributed by atoms with van der Waals surface area (Å²) < 4.78 is 238. The third-order valence-electron chi connectivity index (χ3n) is 3.83. The smallest absolute Gasteiger partial charge is 0.351 e. The first kappa shape index (κ1) is 26.7. The molecule has 0 N–H and O–H groups in total.